The average molecular weight is 364 g/mol. The van der Waals surface area contributed by atoms with Crippen LogP contribution < -0.4 is 19.1 Å². The van der Waals surface area contributed by atoms with Crippen molar-refractivity contribution in [3.63, 3.8) is 0 Å². The highest BCUT2D eigenvalue weighted by Gasteiger charge is 2.29. The van der Waals surface area contributed by atoms with E-state index in [1.807, 2.05) is 0 Å². The number of benzene rings is 2. The first-order chi connectivity index (χ1) is 11.9. The predicted octanol–water partition coefficient (Wildman–Crippen LogP) is 1.65. The minimum absolute atomic E-state index is 0.0803. The minimum Gasteiger partial charge on any atom is -0.497 e. The Bertz CT molecular complexity index is 837. The topological polar surface area (TPSA) is 84.9 Å². The molecule has 0 aliphatic carbocycles. The number of nitrogens with one attached hydrogen (secondary N) is 1. The van der Waals surface area contributed by atoms with E-state index in [4.69, 9.17) is 9.47 Å². The smallest absolute Gasteiger partial charge is 0.264 e. The van der Waals surface area contributed by atoms with E-state index in [1.54, 1.807) is 36.4 Å². The number of nitrogens with zero attached hydrogens (tertiary/aromatic N) is 1. The van der Waals surface area contributed by atoms with E-state index in [0.717, 1.165) is 4.31 Å². The van der Waals surface area contributed by atoms with Crippen molar-refractivity contribution in [1.29, 1.82) is 0 Å². The van der Waals surface area contributed by atoms with Crippen molar-refractivity contribution in [2.75, 3.05) is 32.1 Å². The number of amides is 1. The third-order valence-electron chi connectivity index (χ3n) is 3.55. The van der Waals surface area contributed by atoms with Gasteiger partial charge in [0.2, 0.25) is 5.91 Å². The lowest BCUT2D eigenvalue weighted by Crippen LogP contribution is -2.40. The molecule has 0 saturated carbocycles. The molecular weight excluding hydrogens is 344 g/mol. The normalized spacial score (nSPS) is 10.8. The first-order valence-electron chi connectivity index (χ1n) is 7.44. The lowest BCUT2D eigenvalue weighted by atomic mass is 10.2. The highest BCUT2D eigenvalue weighted by molar-refractivity contribution is 7.92. The summed E-state index contributed by atoms with van der Waals surface area (Å²) in [6.45, 7) is -0.379. The molecule has 2 rings (SSSR count). The van der Waals surface area contributed by atoms with Gasteiger partial charge in [-0.2, -0.15) is 0 Å². The van der Waals surface area contributed by atoms with Gasteiger partial charge in [0.25, 0.3) is 10.0 Å². The maximum atomic E-state index is 13.1. The van der Waals surface area contributed by atoms with Crippen LogP contribution in [0.3, 0.4) is 0 Å². The molecule has 0 spiro atoms. The molecule has 0 radical (unpaired) electrons. The summed E-state index contributed by atoms with van der Waals surface area (Å²) in [5.41, 5.74) is 0.246. The van der Waals surface area contributed by atoms with Gasteiger partial charge in [-0.05, 0) is 24.3 Å². The van der Waals surface area contributed by atoms with Gasteiger partial charge >= 0.3 is 0 Å². The zero-order valence-electron chi connectivity index (χ0n) is 14.2. The monoisotopic (exact) mass is 364 g/mol. The Hall–Kier alpha value is -2.74. The molecule has 1 amide bonds. The highest BCUT2D eigenvalue weighted by atomic mass is 32.2. The number of sulfonamides is 1. The van der Waals surface area contributed by atoms with Crippen molar-refractivity contribution in [2.24, 2.45) is 0 Å². The maximum Gasteiger partial charge on any atom is 0.264 e. The molecule has 0 bridgehead atoms. The third-order valence-corrected chi connectivity index (χ3v) is 5.33. The van der Waals surface area contributed by atoms with Crippen molar-refractivity contribution in [2.45, 2.75) is 4.90 Å². The summed E-state index contributed by atoms with van der Waals surface area (Å²) < 4.78 is 37.6. The molecule has 0 saturated heterocycles. The molecule has 25 heavy (non-hydrogen) atoms. The van der Waals surface area contributed by atoms with E-state index in [-0.39, 0.29) is 22.9 Å². The van der Waals surface area contributed by atoms with Gasteiger partial charge in [-0.3, -0.25) is 9.10 Å². The molecule has 0 fully saturated rings. The molecule has 0 aliphatic rings. The summed E-state index contributed by atoms with van der Waals surface area (Å²) in [7, 11) is 0.405. The Labute approximate surface area is 147 Å². The number of carbonyl (C=O) groups excluding carboxylic acids is 1. The number of carbonyl (C=O) groups is 1. The first-order valence-corrected chi connectivity index (χ1v) is 8.88. The van der Waals surface area contributed by atoms with Crippen LogP contribution in [-0.4, -0.2) is 42.1 Å². The van der Waals surface area contributed by atoms with E-state index in [2.05, 4.69) is 5.32 Å². The van der Waals surface area contributed by atoms with Gasteiger partial charge in [0.05, 0.1) is 24.8 Å². The Kier molecular flexibility index (Phi) is 5.87. The van der Waals surface area contributed by atoms with E-state index in [9.17, 15) is 13.2 Å². The van der Waals surface area contributed by atoms with Gasteiger partial charge in [-0.1, -0.05) is 18.2 Å². The van der Waals surface area contributed by atoms with Gasteiger partial charge in [-0.25, -0.2) is 8.42 Å². The summed E-state index contributed by atoms with van der Waals surface area (Å²) in [5, 5.41) is 2.44. The lowest BCUT2D eigenvalue weighted by Gasteiger charge is -2.25. The van der Waals surface area contributed by atoms with Gasteiger partial charge in [0.15, 0.2) is 0 Å². The molecule has 0 aromatic heterocycles. The summed E-state index contributed by atoms with van der Waals surface area (Å²) in [4.78, 5) is 12.0. The number of rotatable bonds is 7. The second-order valence-electron chi connectivity index (χ2n) is 5.04. The predicted molar refractivity (Wildman–Crippen MR) is 94.6 cm³/mol. The fourth-order valence-corrected chi connectivity index (χ4v) is 3.67. The number of anilines is 1. The molecule has 0 atom stereocenters. The van der Waals surface area contributed by atoms with E-state index < -0.39 is 15.9 Å². The molecule has 8 heteroatoms. The largest absolute Gasteiger partial charge is 0.497 e. The van der Waals surface area contributed by atoms with Crippen LogP contribution in [0.4, 0.5) is 5.69 Å². The van der Waals surface area contributed by atoms with Crippen LogP contribution in [0.1, 0.15) is 0 Å². The quantitative estimate of drug-likeness (QED) is 0.807. The fraction of sp³-hybridized carbons (Fsp3) is 0.235. The van der Waals surface area contributed by atoms with Crippen LogP contribution >= 0.6 is 0 Å². The van der Waals surface area contributed by atoms with Crippen LogP contribution in [0.5, 0.6) is 11.5 Å². The Morgan fingerprint density at radius 3 is 2.32 bits per heavy atom. The van der Waals surface area contributed by atoms with Crippen LogP contribution in [-0.2, 0) is 14.8 Å². The van der Waals surface area contributed by atoms with E-state index >= 15 is 0 Å². The number of likely N-dealkylation sites (N-methyl/N-ethyl adjacent to an activating group) is 1. The molecule has 134 valence electrons. The SMILES string of the molecule is CNC(=O)CN(c1ccc(OC)cc1OC)S(=O)(=O)c1ccccc1. The zero-order chi connectivity index (χ0) is 18.4. The Balaban J connectivity index is 2.60. The highest BCUT2D eigenvalue weighted by Crippen LogP contribution is 2.35. The molecule has 0 aliphatic heterocycles. The van der Waals surface area contributed by atoms with Gasteiger partial charge in [0.1, 0.15) is 18.0 Å². The van der Waals surface area contributed by atoms with Crippen LogP contribution in [0, 0.1) is 0 Å². The van der Waals surface area contributed by atoms with Crippen LogP contribution in [0.2, 0.25) is 0 Å². The summed E-state index contributed by atoms with van der Waals surface area (Å²) >= 11 is 0. The summed E-state index contributed by atoms with van der Waals surface area (Å²) in [6, 6.07) is 12.6. The van der Waals surface area contributed by atoms with Crippen molar-refractivity contribution in [3.05, 3.63) is 48.5 Å². The zero-order valence-corrected chi connectivity index (χ0v) is 15.0. The molecule has 2 aromatic rings. The van der Waals surface area contributed by atoms with E-state index in [1.165, 1.54) is 33.4 Å². The van der Waals surface area contributed by atoms with E-state index in [0.29, 0.717) is 5.75 Å². The van der Waals surface area contributed by atoms with Gasteiger partial charge < -0.3 is 14.8 Å². The van der Waals surface area contributed by atoms with Gasteiger partial charge in [0, 0.05) is 13.1 Å². The first kappa shape index (κ1) is 18.6. The second kappa shape index (κ2) is 7.89. The molecule has 0 heterocycles. The van der Waals surface area contributed by atoms with Crippen molar-refractivity contribution < 1.29 is 22.7 Å². The summed E-state index contributed by atoms with van der Waals surface area (Å²) in [6.07, 6.45) is 0. The Morgan fingerprint density at radius 1 is 1.08 bits per heavy atom. The molecule has 1 N–H and O–H groups in total. The average Bonchev–Trinajstić information content (AvgIpc) is 2.65. The summed E-state index contributed by atoms with van der Waals surface area (Å²) in [5.74, 6) is 0.345. The van der Waals surface area contributed by atoms with Crippen LogP contribution in [0.15, 0.2) is 53.4 Å². The lowest BCUT2D eigenvalue weighted by molar-refractivity contribution is -0.119. The van der Waals surface area contributed by atoms with Gasteiger partial charge in [-0.15, -0.1) is 0 Å². The second-order valence-corrected chi connectivity index (χ2v) is 6.90. The Morgan fingerprint density at radius 2 is 1.76 bits per heavy atom. The van der Waals surface area contributed by atoms with Crippen molar-refractivity contribution in [3.8, 4) is 11.5 Å². The molecule has 7 nitrogen and oxygen atoms in total. The third kappa shape index (κ3) is 4.03. The standard InChI is InChI=1S/C17H20N2O5S/c1-18-17(20)12-19(25(21,22)14-7-5-4-6-8-14)15-10-9-13(23-2)11-16(15)24-3/h4-11H,12H2,1-3H3,(H,18,20). The number of hydrogen-bond donors (Lipinski definition) is 1. The molecular formula is C17H20N2O5S. The van der Waals surface area contributed by atoms with Crippen molar-refractivity contribution in [1.82, 2.24) is 5.32 Å². The fourth-order valence-electron chi connectivity index (χ4n) is 2.22. The molecule has 0 unspecified atom stereocenters. The van der Waals surface area contributed by atoms with Crippen molar-refractivity contribution >= 4 is 21.6 Å². The maximum absolute atomic E-state index is 13.1. The molecule has 2 aromatic carbocycles. The number of ether oxygens (including phenoxy) is 2. The number of methoxy groups -OCH3 is 2. The van der Waals surface area contributed by atoms with Crippen LogP contribution in [0.25, 0.3) is 0 Å². The minimum atomic E-state index is -3.96. The number of hydrogen-bond acceptors (Lipinski definition) is 5.